The van der Waals surface area contributed by atoms with E-state index in [9.17, 15) is 10.1 Å². The zero-order valence-corrected chi connectivity index (χ0v) is 18.3. The number of pyridine rings is 1. The highest BCUT2D eigenvalue weighted by Crippen LogP contribution is 2.33. The van der Waals surface area contributed by atoms with Gasteiger partial charge in [0.25, 0.3) is 5.91 Å². The highest BCUT2D eigenvalue weighted by molar-refractivity contribution is 6.07. The normalized spacial score (nSPS) is 10.3. The van der Waals surface area contributed by atoms with E-state index >= 15 is 0 Å². The molecule has 3 N–H and O–H groups in total. The standard InChI is InChI=1S/C26H23N5O2/c1-28-19-10-13-23-21(14-19)24(29-16-17-6-4-3-5-7-17)22(15-27)25(30-23)31-26(32)18-8-11-20(33-2)12-9-18/h3-14,28H,16H2,1-2H3,(H2,29,30,31,32). The number of hydrogen-bond acceptors (Lipinski definition) is 6. The number of amides is 1. The third kappa shape index (κ3) is 4.70. The maximum atomic E-state index is 12.9. The van der Waals surface area contributed by atoms with E-state index in [1.54, 1.807) is 31.4 Å². The van der Waals surface area contributed by atoms with Gasteiger partial charge in [0.05, 0.1) is 18.3 Å². The van der Waals surface area contributed by atoms with E-state index in [4.69, 9.17) is 4.74 Å². The van der Waals surface area contributed by atoms with Crippen molar-refractivity contribution >= 4 is 34.0 Å². The molecule has 7 heteroatoms. The lowest BCUT2D eigenvalue weighted by molar-refractivity contribution is 0.102. The molecule has 0 unspecified atom stereocenters. The number of aromatic nitrogens is 1. The van der Waals surface area contributed by atoms with Gasteiger partial charge in [0.15, 0.2) is 5.82 Å². The van der Waals surface area contributed by atoms with Crippen molar-refractivity contribution in [3.8, 4) is 11.8 Å². The number of hydrogen-bond donors (Lipinski definition) is 3. The number of nitrogens with one attached hydrogen (secondary N) is 3. The molecular formula is C26H23N5O2. The van der Waals surface area contributed by atoms with Crippen LogP contribution in [0.3, 0.4) is 0 Å². The second-order valence-electron chi connectivity index (χ2n) is 7.33. The minimum absolute atomic E-state index is 0.207. The van der Waals surface area contributed by atoms with Crippen molar-refractivity contribution in [3.63, 3.8) is 0 Å². The van der Waals surface area contributed by atoms with Crippen LogP contribution < -0.4 is 20.7 Å². The molecule has 1 heterocycles. The molecule has 0 aliphatic heterocycles. The van der Waals surface area contributed by atoms with E-state index in [1.165, 1.54) is 0 Å². The number of nitriles is 1. The lowest BCUT2D eigenvalue weighted by Crippen LogP contribution is -2.15. The number of anilines is 3. The summed E-state index contributed by atoms with van der Waals surface area (Å²) in [6.07, 6.45) is 0. The molecule has 0 saturated heterocycles. The molecule has 164 valence electrons. The molecule has 4 aromatic rings. The van der Waals surface area contributed by atoms with Crippen LogP contribution in [0.2, 0.25) is 0 Å². The zero-order valence-electron chi connectivity index (χ0n) is 18.3. The van der Waals surface area contributed by atoms with Crippen molar-refractivity contribution in [2.75, 3.05) is 30.1 Å². The summed E-state index contributed by atoms with van der Waals surface area (Å²) in [4.78, 5) is 17.5. The number of methoxy groups -OCH3 is 1. The zero-order chi connectivity index (χ0) is 23.2. The van der Waals surface area contributed by atoms with Gasteiger partial charge in [0.1, 0.15) is 17.4 Å². The molecule has 0 aliphatic carbocycles. The van der Waals surface area contributed by atoms with E-state index in [1.807, 2.05) is 55.6 Å². The monoisotopic (exact) mass is 437 g/mol. The second kappa shape index (κ2) is 9.71. The van der Waals surface area contributed by atoms with Crippen LogP contribution in [-0.4, -0.2) is 25.0 Å². The summed E-state index contributed by atoms with van der Waals surface area (Å²) >= 11 is 0. The molecule has 0 spiro atoms. The predicted octanol–water partition coefficient (Wildman–Crippen LogP) is 5.02. The summed E-state index contributed by atoms with van der Waals surface area (Å²) in [6.45, 7) is 0.518. The van der Waals surface area contributed by atoms with E-state index in [0.29, 0.717) is 29.1 Å². The van der Waals surface area contributed by atoms with Gasteiger partial charge in [-0.15, -0.1) is 0 Å². The van der Waals surface area contributed by atoms with Crippen molar-refractivity contribution in [2.24, 2.45) is 0 Å². The lowest BCUT2D eigenvalue weighted by Gasteiger charge is -2.16. The van der Waals surface area contributed by atoms with Crippen molar-refractivity contribution in [2.45, 2.75) is 6.54 Å². The fourth-order valence-corrected chi connectivity index (χ4v) is 3.51. The average Bonchev–Trinajstić information content (AvgIpc) is 2.87. The summed E-state index contributed by atoms with van der Waals surface area (Å²) < 4.78 is 5.15. The summed E-state index contributed by atoms with van der Waals surface area (Å²) in [7, 11) is 3.40. The van der Waals surface area contributed by atoms with E-state index in [2.05, 4.69) is 27.0 Å². The van der Waals surface area contributed by atoms with Gasteiger partial charge in [0, 0.05) is 30.2 Å². The van der Waals surface area contributed by atoms with Crippen molar-refractivity contribution < 1.29 is 9.53 Å². The van der Waals surface area contributed by atoms with Gasteiger partial charge in [-0.05, 0) is 48.0 Å². The molecule has 0 radical (unpaired) electrons. The summed E-state index contributed by atoms with van der Waals surface area (Å²) in [5.74, 6) is 0.501. The highest BCUT2D eigenvalue weighted by atomic mass is 16.5. The van der Waals surface area contributed by atoms with Gasteiger partial charge >= 0.3 is 0 Å². The van der Waals surface area contributed by atoms with E-state index in [-0.39, 0.29) is 17.3 Å². The van der Waals surface area contributed by atoms with Crippen LogP contribution in [0.1, 0.15) is 21.5 Å². The number of benzene rings is 3. The summed E-state index contributed by atoms with van der Waals surface area (Å²) in [5, 5.41) is 20.1. The molecule has 0 fully saturated rings. The number of rotatable bonds is 7. The first-order chi connectivity index (χ1) is 16.1. The quantitative estimate of drug-likeness (QED) is 0.375. The molecule has 1 amide bonds. The maximum absolute atomic E-state index is 12.9. The lowest BCUT2D eigenvalue weighted by atomic mass is 10.1. The minimum Gasteiger partial charge on any atom is -0.497 e. The molecule has 7 nitrogen and oxygen atoms in total. The Balaban J connectivity index is 1.75. The molecule has 33 heavy (non-hydrogen) atoms. The predicted molar refractivity (Wildman–Crippen MR) is 131 cm³/mol. The van der Waals surface area contributed by atoms with Gasteiger partial charge in [-0.1, -0.05) is 30.3 Å². The Morgan fingerprint density at radius 1 is 1.06 bits per heavy atom. The maximum Gasteiger partial charge on any atom is 0.256 e. The van der Waals surface area contributed by atoms with Gasteiger partial charge in [0.2, 0.25) is 0 Å². The Labute approximate surface area is 192 Å². The molecule has 0 bridgehead atoms. The van der Waals surface area contributed by atoms with Crippen LogP contribution in [-0.2, 0) is 6.54 Å². The summed E-state index contributed by atoms with van der Waals surface area (Å²) in [6, 6.07) is 24.6. The Morgan fingerprint density at radius 2 is 1.82 bits per heavy atom. The molecule has 0 saturated carbocycles. The average molecular weight is 438 g/mol. The summed E-state index contributed by atoms with van der Waals surface area (Å²) in [5.41, 5.74) is 3.95. The number of ether oxygens (including phenoxy) is 1. The van der Waals surface area contributed by atoms with E-state index in [0.717, 1.165) is 16.6 Å². The van der Waals surface area contributed by atoms with Crippen LogP contribution in [0.25, 0.3) is 10.9 Å². The fraction of sp³-hybridized carbons (Fsp3) is 0.115. The largest absolute Gasteiger partial charge is 0.497 e. The Kier molecular flexibility index (Phi) is 6.37. The van der Waals surface area contributed by atoms with Crippen LogP contribution in [0.15, 0.2) is 72.8 Å². The molecular weight excluding hydrogens is 414 g/mol. The number of carbonyl (C=O) groups is 1. The second-order valence-corrected chi connectivity index (χ2v) is 7.33. The topological polar surface area (TPSA) is 99.1 Å². The first-order valence-corrected chi connectivity index (χ1v) is 10.4. The Hall–Kier alpha value is -4.57. The van der Waals surface area contributed by atoms with Crippen molar-refractivity contribution in [1.82, 2.24) is 4.98 Å². The highest BCUT2D eigenvalue weighted by Gasteiger charge is 2.18. The number of nitrogens with zero attached hydrogens (tertiary/aromatic N) is 2. The van der Waals surface area contributed by atoms with Crippen LogP contribution in [0.4, 0.5) is 17.2 Å². The third-order valence-corrected chi connectivity index (χ3v) is 5.28. The van der Waals surface area contributed by atoms with Crippen LogP contribution in [0.5, 0.6) is 5.75 Å². The third-order valence-electron chi connectivity index (χ3n) is 5.28. The van der Waals surface area contributed by atoms with Crippen LogP contribution >= 0.6 is 0 Å². The fourth-order valence-electron chi connectivity index (χ4n) is 3.51. The Bertz CT molecular complexity index is 1330. The number of carbonyl (C=O) groups excluding carboxylic acids is 1. The molecule has 0 atom stereocenters. The van der Waals surface area contributed by atoms with Gasteiger partial charge in [-0.25, -0.2) is 4.98 Å². The smallest absolute Gasteiger partial charge is 0.256 e. The minimum atomic E-state index is -0.359. The molecule has 1 aromatic heterocycles. The van der Waals surface area contributed by atoms with Crippen molar-refractivity contribution in [1.29, 1.82) is 5.26 Å². The molecule has 0 aliphatic rings. The molecule has 3 aromatic carbocycles. The van der Waals surface area contributed by atoms with Crippen LogP contribution in [0, 0.1) is 11.3 Å². The number of fused-ring (bicyclic) bond motifs is 1. The van der Waals surface area contributed by atoms with Gasteiger partial charge < -0.3 is 20.7 Å². The first-order valence-electron chi connectivity index (χ1n) is 10.4. The van der Waals surface area contributed by atoms with Gasteiger partial charge in [-0.3, -0.25) is 4.79 Å². The Morgan fingerprint density at radius 3 is 2.48 bits per heavy atom. The SMILES string of the molecule is CNc1ccc2nc(NC(=O)c3ccc(OC)cc3)c(C#N)c(NCc3ccccc3)c2c1. The van der Waals surface area contributed by atoms with Gasteiger partial charge in [-0.2, -0.15) is 5.26 Å². The first kappa shape index (κ1) is 21.7. The molecule has 4 rings (SSSR count). The van der Waals surface area contributed by atoms with Crippen molar-refractivity contribution in [3.05, 3.63) is 89.5 Å². The van der Waals surface area contributed by atoms with E-state index < -0.39 is 0 Å².